The van der Waals surface area contributed by atoms with Crippen molar-refractivity contribution in [2.24, 2.45) is 7.05 Å². The average Bonchev–Trinajstić information content (AvgIpc) is 2.75. The van der Waals surface area contributed by atoms with Crippen LogP contribution in [0.1, 0.15) is 18.3 Å². The molecule has 1 atom stereocenters. The smallest absolute Gasteiger partial charge is 0.138 e. The monoisotopic (exact) mass is 322 g/mol. The first-order chi connectivity index (χ1) is 9.19. The van der Waals surface area contributed by atoms with E-state index in [1.165, 1.54) is 5.56 Å². The van der Waals surface area contributed by atoms with Gasteiger partial charge in [-0.25, -0.2) is 4.98 Å². The lowest BCUT2D eigenvalue weighted by Gasteiger charge is -2.17. The number of hydrogen-bond acceptors (Lipinski definition) is 3. The fourth-order valence-corrected chi connectivity index (χ4v) is 2.63. The average molecular weight is 323 g/mol. The normalized spacial score (nSPS) is 12.6. The summed E-state index contributed by atoms with van der Waals surface area (Å²) in [5.41, 5.74) is 1.32. The molecule has 0 bridgehead atoms. The molecule has 0 saturated carbocycles. The molecular formula is C14H19BrN4. The SMILES string of the molecule is CCNC(Cc1cccc(Br)c1)Cc1ncnn1C. The van der Waals surface area contributed by atoms with Gasteiger partial charge < -0.3 is 5.32 Å². The third-order valence-electron chi connectivity index (χ3n) is 3.10. The van der Waals surface area contributed by atoms with Crippen LogP contribution in [-0.2, 0) is 19.9 Å². The maximum absolute atomic E-state index is 4.30. The summed E-state index contributed by atoms with van der Waals surface area (Å²) in [6, 6.07) is 8.83. The van der Waals surface area contributed by atoms with Gasteiger partial charge in [0, 0.05) is 24.0 Å². The van der Waals surface area contributed by atoms with Crippen LogP contribution < -0.4 is 5.32 Å². The maximum Gasteiger partial charge on any atom is 0.138 e. The van der Waals surface area contributed by atoms with Gasteiger partial charge in [-0.1, -0.05) is 35.0 Å². The van der Waals surface area contributed by atoms with E-state index >= 15 is 0 Å². The van der Waals surface area contributed by atoms with E-state index in [0.717, 1.165) is 29.7 Å². The number of nitrogens with zero attached hydrogens (tertiary/aromatic N) is 3. The lowest BCUT2D eigenvalue weighted by molar-refractivity contribution is 0.499. The van der Waals surface area contributed by atoms with E-state index in [9.17, 15) is 0 Å². The summed E-state index contributed by atoms with van der Waals surface area (Å²) in [5.74, 6) is 1.01. The van der Waals surface area contributed by atoms with E-state index in [2.05, 4.69) is 62.5 Å². The summed E-state index contributed by atoms with van der Waals surface area (Å²) < 4.78 is 2.96. The molecule has 0 radical (unpaired) electrons. The van der Waals surface area contributed by atoms with Gasteiger partial charge in [-0.15, -0.1) is 0 Å². The summed E-state index contributed by atoms with van der Waals surface area (Å²) in [6.45, 7) is 3.08. The Hall–Kier alpha value is -1.20. The second kappa shape index (κ2) is 6.82. The summed E-state index contributed by atoms with van der Waals surface area (Å²) in [4.78, 5) is 4.30. The number of halogens is 1. The minimum atomic E-state index is 0.377. The van der Waals surface area contributed by atoms with Gasteiger partial charge >= 0.3 is 0 Å². The summed E-state index contributed by atoms with van der Waals surface area (Å²) in [5, 5.41) is 7.64. The number of benzene rings is 1. The van der Waals surface area contributed by atoms with Crippen LogP contribution in [0.25, 0.3) is 0 Å². The van der Waals surface area contributed by atoms with Crippen molar-refractivity contribution >= 4 is 15.9 Å². The highest BCUT2D eigenvalue weighted by molar-refractivity contribution is 9.10. The second-order valence-electron chi connectivity index (χ2n) is 4.59. The Morgan fingerprint density at radius 3 is 2.84 bits per heavy atom. The van der Waals surface area contributed by atoms with E-state index in [1.807, 2.05) is 11.7 Å². The van der Waals surface area contributed by atoms with Crippen LogP contribution in [0.2, 0.25) is 0 Å². The Balaban J connectivity index is 2.06. The topological polar surface area (TPSA) is 42.7 Å². The Morgan fingerprint density at radius 2 is 2.21 bits per heavy atom. The maximum atomic E-state index is 4.30. The van der Waals surface area contributed by atoms with E-state index in [0.29, 0.717) is 6.04 Å². The molecule has 1 N–H and O–H groups in total. The largest absolute Gasteiger partial charge is 0.313 e. The standard InChI is InChI=1S/C14H19BrN4/c1-3-16-13(9-14-17-10-18-19(14)2)8-11-5-4-6-12(15)7-11/h4-7,10,13,16H,3,8-9H2,1-2H3. The molecule has 2 rings (SSSR count). The summed E-state index contributed by atoms with van der Waals surface area (Å²) in [6.07, 6.45) is 3.48. The fraction of sp³-hybridized carbons (Fsp3) is 0.429. The molecule has 1 aromatic carbocycles. The van der Waals surface area contributed by atoms with Crippen molar-refractivity contribution in [3.63, 3.8) is 0 Å². The lowest BCUT2D eigenvalue weighted by Crippen LogP contribution is -2.34. The minimum absolute atomic E-state index is 0.377. The molecule has 0 aliphatic carbocycles. The van der Waals surface area contributed by atoms with Gasteiger partial charge in [-0.3, -0.25) is 4.68 Å². The third kappa shape index (κ3) is 4.14. The zero-order chi connectivity index (χ0) is 13.7. The van der Waals surface area contributed by atoms with E-state index < -0.39 is 0 Å². The van der Waals surface area contributed by atoms with Crippen molar-refractivity contribution in [3.05, 3.63) is 46.5 Å². The Kier molecular flexibility index (Phi) is 5.10. The quantitative estimate of drug-likeness (QED) is 0.887. The molecule has 4 nitrogen and oxygen atoms in total. The van der Waals surface area contributed by atoms with Gasteiger partial charge in [0.1, 0.15) is 12.2 Å². The first-order valence-corrected chi connectivity index (χ1v) is 7.29. The van der Waals surface area contributed by atoms with Gasteiger partial charge in [0.2, 0.25) is 0 Å². The number of nitrogens with one attached hydrogen (secondary N) is 1. The van der Waals surface area contributed by atoms with Crippen molar-refractivity contribution in [3.8, 4) is 0 Å². The molecule has 0 fully saturated rings. The van der Waals surface area contributed by atoms with Crippen molar-refractivity contribution in [1.29, 1.82) is 0 Å². The first kappa shape index (κ1) is 14.2. The Bertz CT molecular complexity index is 524. The minimum Gasteiger partial charge on any atom is -0.313 e. The van der Waals surface area contributed by atoms with Crippen molar-refractivity contribution in [2.45, 2.75) is 25.8 Å². The molecule has 1 heterocycles. The lowest BCUT2D eigenvalue weighted by atomic mass is 10.0. The van der Waals surface area contributed by atoms with Crippen LogP contribution in [0, 0.1) is 0 Å². The molecule has 102 valence electrons. The molecule has 1 unspecified atom stereocenters. The second-order valence-corrected chi connectivity index (χ2v) is 5.51. The highest BCUT2D eigenvalue weighted by atomic mass is 79.9. The molecular weight excluding hydrogens is 304 g/mol. The molecule has 0 saturated heterocycles. The zero-order valence-corrected chi connectivity index (χ0v) is 12.9. The number of aromatic nitrogens is 3. The van der Waals surface area contributed by atoms with E-state index in [4.69, 9.17) is 0 Å². The first-order valence-electron chi connectivity index (χ1n) is 6.49. The van der Waals surface area contributed by atoms with Gasteiger partial charge in [-0.2, -0.15) is 5.10 Å². The molecule has 0 aliphatic heterocycles. The molecule has 0 amide bonds. The highest BCUT2D eigenvalue weighted by Gasteiger charge is 2.12. The van der Waals surface area contributed by atoms with Crippen molar-refractivity contribution in [2.75, 3.05) is 6.54 Å². The van der Waals surface area contributed by atoms with Crippen molar-refractivity contribution in [1.82, 2.24) is 20.1 Å². The van der Waals surface area contributed by atoms with E-state index in [-0.39, 0.29) is 0 Å². The molecule has 5 heteroatoms. The highest BCUT2D eigenvalue weighted by Crippen LogP contribution is 2.14. The zero-order valence-electron chi connectivity index (χ0n) is 11.3. The van der Waals surface area contributed by atoms with Gasteiger partial charge in [0.25, 0.3) is 0 Å². The fourth-order valence-electron chi connectivity index (χ4n) is 2.18. The van der Waals surface area contributed by atoms with Crippen LogP contribution in [0.5, 0.6) is 0 Å². The van der Waals surface area contributed by atoms with Gasteiger partial charge in [0.05, 0.1) is 0 Å². The summed E-state index contributed by atoms with van der Waals surface area (Å²) >= 11 is 3.52. The number of aryl methyl sites for hydroxylation is 1. The Labute approximate surface area is 122 Å². The van der Waals surface area contributed by atoms with E-state index in [1.54, 1.807) is 6.33 Å². The molecule has 2 aromatic rings. The molecule has 0 spiro atoms. The predicted molar refractivity (Wildman–Crippen MR) is 80.0 cm³/mol. The van der Waals surface area contributed by atoms with Crippen LogP contribution in [0.15, 0.2) is 35.1 Å². The van der Waals surface area contributed by atoms with Gasteiger partial charge in [-0.05, 0) is 30.7 Å². The van der Waals surface area contributed by atoms with Gasteiger partial charge in [0.15, 0.2) is 0 Å². The Morgan fingerprint density at radius 1 is 1.37 bits per heavy atom. The van der Waals surface area contributed by atoms with Crippen LogP contribution in [0.4, 0.5) is 0 Å². The molecule has 1 aromatic heterocycles. The van der Waals surface area contributed by atoms with Crippen LogP contribution >= 0.6 is 15.9 Å². The van der Waals surface area contributed by atoms with Crippen LogP contribution in [0.3, 0.4) is 0 Å². The number of hydrogen-bond donors (Lipinski definition) is 1. The number of rotatable bonds is 6. The van der Waals surface area contributed by atoms with Crippen LogP contribution in [-0.4, -0.2) is 27.4 Å². The third-order valence-corrected chi connectivity index (χ3v) is 3.59. The predicted octanol–water partition coefficient (Wildman–Crippen LogP) is 2.34. The molecule has 0 aliphatic rings. The molecule has 19 heavy (non-hydrogen) atoms. The summed E-state index contributed by atoms with van der Waals surface area (Å²) in [7, 11) is 1.93. The van der Waals surface area contributed by atoms with Crippen molar-refractivity contribution < 1.29 is 0 Å². The number of likely N-dealkylation sites (N-methyl/N-ethyl adjacent to an activating group) is 1.